The zero-order valence-corrected chi connectivity index (χ0v) is 5.84. The van der Waals surface area contributed by atoms with Crippen LogP contribution in [0.5, 0.6) is 0 Å². The van der Waals surface area contributed by atoms with Crippen LogP contribution in [0, 0.1) is 0 Å². The van der Waals surface area contributed by atoms with Crippen molar-refractivity contribution in [1.82, 2.24) is 5.32 Å². The summed E-state index contributed by atoms with van der Waals surface area (Å²) in [4.78, 5) is 10.5. The molecule has 0 aliphatic heterocycles. The minimum absolute atomic E-state index is 0.194. The van der Waals surface area contributed by atoms with Gasteiger partial charge in [-0.3, -0.25) is 4.79 Å². The van der Waals surface area contributed by atoms with Crippen molar-refractivity contribution in [2.45, 2.75) is 12.6 Å². The van der Waals surface area contributed by atoms with Gasteiger partial charge in [0.05, 0.1) is 6.17 Å². The average molecular weight is 143 g/mol. The molecule has 0 unspecified atom stereocenters. The summed E-state index contributed by atoms with van der Waals surface area (Å²) in [7, 11) is 0. The number of hydrogen-bond acceptors (Lipinski definition) is 3. The van der Waals surface area contributed by atoms with E-state index < -0.39 is 0 Å². The molecule has 0 aromatic heterocycles. The van der Waals surface area contributed by atoms with Crippen LogP contribution in [0.2, 0.25) is 0 Å². The second kappa shape index (κ2) is 4.96. The van der Waals surface area contributed by atoms with Gasteiger partial charge in [-0.25, -0.2) is 0 Å². The van der Waals surface area contributed by atoms with E-state index in [0.717, 1.165) is 0 Å². The maximum absolute atomic E-state index is 10.5. The third kappa shape index (κ3) is 5.27. The van der Waals surface area contributed by atoms with Crippen molar-refractivity contribution in [1.29, 1.82) is 0 Å². The molecular formula is C6H13N3O. The molecule has 0 aromatic carbocycles. The molecule has 0 heterocycles. The summed E-state index contributed by atoms with van der Waals surface area (Å²) in [6, 6.07) is 0. The van der Waals surface area contributed by atoms with Gasteiger partial charge in [0.2, 0.25) is 5.91 Å². The zero-order chi connectivity index (χ0) is 7.98. The molecule has 0 atom stereocenters. The van der Waals surface area contributed by atoms with Gasteiger partial charge in [-0.2, -0.15) is 0 Å². The molecular weight excluding hydrogens is 130 g/mol. The number of nitrogens with two attached hydrogens (primary N) is 2. The molecule has 58 valence electrons. The van der Waals surface area contributed by atoms with E-state index in [0.29, 0.717) is 13.0 Å². The summed E-state index contributed by atoms with van der Waals surface area (Å²) in [5.74, 6) is -0.194. The van der Waals surface area contributed by atoms with E-state index in [1.165, 1.54) is 6.08 Å². The highest BCUT2D eigenvalue weighted by atomic mass is 16.1. The van der Waals surface area contributed by atoms with Crippen LogP contribution in [0.15, 0.2) is 12.7 Å². The van der Waals surface area contributed by atoms with Crippen LogP contribution in [0.1, 0.15) is 6.42 Å². The summed E-state index contributed by atoms with van der Waals surface area (Å²) in [6.07, 6.45) is 1.44. The van der Waals surface area contributed by atoms with E-state index in [2.05, 4.69) is 11.9 Å². The predicted molar refractivity (Wildman–Crippen MR) is 40.0 cm³/mol. The van der Waals surface area contributed by atoms with Crippen LogP contribution in [0.4, 0.5) is 0 Å². The number of amides is 1. The summed E-state index contributed by atoms with van der Waals surface area (Å²) < 4.78 is 0. The van der Waals surface area contributed by atoms with Gasteiger partial charge in [-0.1, -0.05) is 6.58 Å². The Balaban J connectivity index is 3.19. The Labute approximate surface area is 60.3 Å². The molecule has 0 bridgehead atoms. The predicted octanol–water partition coefficient (Wildman–Crippen LogP) is -1.08. The number of nitrogens with one attached hydrogen (secondary N) is 1. The third-order valence-corrected chi connectivity index (χ3v) is 0.962. The Morgan fingerprint density at radius 1 is 1.70 bits per heavy atom. The monoisotopic (exact) mass is 143 g/mol. The normalized spacial score (nSPS) is 9.50. The van der Waals surface area contributed by atoms with Crippen LogP contribution in [0.3, 0.4) is 0 Å². The first-order valence-electron chi connectivity index (χ1n) is 3.08. The van der Waals surface area contributed by atoms with Crippen LogP contribution in [-0.2, 0) is 4.79 Å². The minimum Gasteiger partial charge on any atom is -0.352 e. The van der Waals surface area contributed by atoms with Gasteiger partial charge in [0, 0.05) is 6.54 Å². The van der Waals surface area contributed by atoms with E-state index >= 15 is 0 Å². The highest BCUT2D eigenvalue weighted by molar-refractivity contribution is 5.86. The van der Waals surface area contributed by atoms with E-state index in [9.17, 15) is 4.79 Å². The molecule has 4 nitrogen and oxygen atoms in total. The SMILES string of the molecule is C=CC(=O)NCCC(N)N. The highest BCUT2D eigenvalue weighted by Crippen LogP contribution is 1.75. The number of carbonyl (C=O) groups excluding carboxylic acids is 1. The van der Waals surface area contributed by atoms with Gasteiger partial charge in [0.1, 0.15) is 0 Å². The molecule has 0 radical (unpaired) electrons. The second-order valence-electron chi connectivity index (χ2n) is 1.95. The van der Waals surface area contributed by atoms with Gasteiger partial charge in [-0.15, -0.1) is 0 Å². The number of hydrogen-bond donors (Lipinski definition) is 3. The smallest absolute Gasteiger partial charge is 0.243 e. The Morgan fingerprint density at radius 3 is 2.70 bits per heavy atom. The summed E-state index contributed by atoms with van der Waals surface area (Å²) >= 11 is 0. The fraction of sp³-hybridized carbons (Fsp3) is 0.500. The van der Waals surface area contributed by atoms with Crippen molar-refractivity contribution in [3.05, 3.63) is 12.7 Å². The van der Waals surface area contributed by atoms with Gasteiger partial charge < -0.3 is 16.8 Å². The first-order valence-corrected chi connectivity index (χ1v) is 3.08. The lowest BCUT2D eigenvalue weighted by Crippen LogP contribution is -2.35. The standard InChI is InChI=1S/C6H13N3O/c1-2-6(10)9-4-3-5(7)8/h2,5H,1,3-4,7-8H2,(H,9,10). The lowest BCUT2D eigenvalue weighted by atomic mass is 10.3. The summed E-state index contributed by atoms with van der Waals surface area (Å²) in [5.41, 5.74) is 10.4. The van der Waals surface area contributed by atoms with Crippen LogP contribution in [-0.4, -0.2) is 18.6 Å². The molecule has 0 saturated carbocycles. The average Bonchev–Trinajstić information content (AvgIpc) is 1.87. The van der Waals surface area contributed by atoms with Gasteiger partial charge in [0.25, 0.3) is 0 Å². The first-order chi connectivity index (χ1) is 4.66. The first kappa shape index (κ1) is 9.13. The molecule has 4 heteroatoms. The van der Waals surface area contributed by atoms with Crippen molar-refractivity contribution in [2.75, 3.05) is 6.54 Å². The lowest BCUT2D eigenvalue weighted by Gasteiger charge is -2.04. The van der Waals surface area contributed by atoms with Gasteiger partial charge in [0.15, 0.2) is 0 Å². The zero-order valence-electron chi connectivity index (χ0n) is 5.84. The molecule has 10 heavy (non-hydrogen) atoms. The Kier molecular flexibility index (Phi) is 4.53. The Morgan fingerprint density at radius 2 is 2.30 bits per heavy atom. The van der Waals surface area contributed by atoms with Crippen molar-refractivity contribution < 1.29 is 4.79 Å². The highest BCUT2D eigenvalue weighted by Gasteiger charge is 1.95. The molecule has 0 rings (SSSR count). The van der Waals surface area contributed by atoms with Crippen molar-refractivity contribution in [3.63, 3.8) is 0 Å². The van der Waals surface area contributed by atoms with E-state index in [1.807, 2.05) is 0 Å². The topological polar surface area (TPSA) is 81.1 Å². The molecule has 0 fully saturated rings. The number of rotatable bonds is 4. The number of carbonyl (C=O) groups is 1. The maximum Gasteiger partial charge on any atom is 0.243 e. The second-order valence-corrected chi connectivity index (χ2v) is 1.95. The largest absolute Gasteiger partial charge is 0.352 e. The Bertz CT molecular complexity index is 122. The van der Waals surface area contributed by atoms with Crippen molar-refractivity contribution in [3.8, 4) is 0 Å². The van der Waals surface area contributed by atoms with Crippen molar-refractivity contribution in [2.24, 2.45) is 11.5 Å². The molecule has 5 N–H and O–H groups in total. The minimum atomic E-state index is -0.356. The van der Waals surface area contributed by atoms with E-state index in [4.69, 9.17) is 11.5 Å². The van der Waals surface area contributed by atoms with Crippen LogP contribution < -0.4 is 16.8 Å². The molecule has 0 aliphatic carbocycles. The lowest BCUT2D eigenvalue weighted by molar-refractivity contribution is -0.116. The van der Waals surface area contributed by atoms with Gasteiger partial charge in [-0.05, 0) is 12.5 Å². The van der Waals surface area contributed by atoms with E-state index in [-0.39, 0.29) is 12.1 Å². The van der Waals surface area contributed by atoms with Crippen LogP contribution in [0.25, 0.3) is 0 Å². The molecule has 0 saturated heterocycles. The Hall–Kier alpha value is -0.870. The maximum atomic E-state index is 10.5. The molecule has 1 amide bonds. The molecule has 0 aromatic rings. The van der Waals surface area contributed by atoms with Crippen molar-refractivity contribution >= 4 is 5.91 Å². The van der Waals surface area contributed by atoms with E-state index in [1.54, 1.807) is 0 Å². The third-order valence-electron chi connectivity index (χ3n) is 0.962. The fourth-order valence-corrected chi connectivity index (χ4v) is 0.434. The summed E-state index contributed by atoms with van der Waals surface area (Å²) in [5, 5.41) is 2.55. The fourth-order valence-electron chi connectivity index (χ4n) is 0.434. The quantitative estimate of drug-likeness (QED) is 0.346. The summed E-state index contributed by atoms with van der Waals surface area (Å²) in [6.45, 7) is 3.79. The van der Waals surface area contributed by atoms with Gasteiger partial charge >= 0.3 is 0 Å². The molecule has 0 aliphatic rings. The molecule has 0 spiro atoms. The van der Waals surface area contributed by atoms with Crippen LogP contribution >= 0.6 is 0 Å².